The maximum Gasteiger partial charge on any atom is 0.220 e. The number of aromatic amines is 1. The second kappa shape index (κ2) is 6.75. The van der Waals surface area contributed by atoms with Gasteiger partial charge in [0.25, 0.3) is 0 Å². The van der Waals surface area contributed by atoms with Crippen molar-refractivity contribution in [1.29, 1.82) is 0 Å². The van der Waals surface area contributed by atoms with Gasteiger partial charge in [0.15, 0.2) is 0 Å². The number of nitrogens with zero attached hydrogens (tertiary/aromatic N) is 1. The summed E-state index contributed by atoms with van der Waals surface area (Å²) >= 11 is 0. The normalized spacial score (nSPS) is 11.9. The van der Waals surface area contributed by atoms with Crippen LogP contribution < -0.4 is 10.1 Å². The number of ether oxygens (including phenoxy) is 1. The second-order valence-electron chi connectivity index (χ2n) is 4.63. The highest BCUT2D eigenvalue weighted by Gasteiger charge is 2.11. The number of aryl methyl sites for hydroxylation is 1. The number of rotatable bonds is 6. The van der Waals surface area contributed by atoms with Crippen LogP contribution in [0.15, 0.2) is 36.7 Å². The molecular weight excluding hydrogens is 254 g/mol. The molecule has 1 heterocycles. The summed E-state index contributed by atoms with van der Waals surface area (Å²) in [6.07, 6.45) is 4.59. The Labute approximate surface area is 118 Å². The number of carbonyl (C=O) groups excluding carboxylic acids is 1. The van der Waals surface area contributed by atoms with Gasteiger partial charge in [-0.3, -0.25) is 9.89 Å². The smallest absolute Gasteiger partial charge is 0.220 e. The minimum absolute atomic E-state index is 0.0182. The molecule has 0 spiro atoms. The molecule has 1 aromatic heterocycles. The molecule has 1 amide bonds. The molecule has 2 aromatic rings. The van der Waals surface area contributed by atoms with Gasteiger partial charge in [-0.1, -0.05) is 18.2 Å². The Hall–Kier alpha value is -2.30. The van der Waals surface area contributed by atoms with E-state index in [1.807, 2.05) is 31.2 Å². The number of amides is 1. The number of nitrogens with one attached hydrogen (secondary N) is 2. The zero-order valence-corrected chi connectivity index (χ0v) is 11.7. The zero-order valence-electron chi connectivity index (χ0n) is 11.7. The summed E-state index contributed by atoms with van der Waals surface area (Å²) in [6.45, 7) is 1.94. The van der Waals surface area contributed by atoms with E-state index >= 15 is 0 Å². The number of H-pyrrole nitrogens is 1. The summed E-state index contributed by atoms with van der Waals surface area (Å²) in [4.78, 5) is 11.9. The number of aromatic nitrogens is 2. The largest absolute Gasteiger partial charge is 0.496 e. The fraction of sp³-hybridized carbons (Fsp3) is 0.333. The van der Waals surface area contributed by atoms with E-state index < -0.39 is 0 Å². The van der Waals surface area contributed by atoms with Crippen LogP contribution in [0.2, 0.25) is 0 Å². The number of hydrogen-bond donors (Lipinski definition) is 2. The second-order valence-corrected chi connectivity index (χ2v) is 4.63. The Kier molecular flexibility index (Phi) is 4.76. The third-order valence-corrected chi connectivity index (χ3v) is 3.21. The molecule has 2 rings (SSSR count). The van der Waals surface area contributed by atoms with Crippen LogP contribution in [0.5, 0.6) is 5.75 Å². The van der Waals surface area contributed by atoms with Gasteiger partial charge in [-0.25, -0.2) is 0 Å². The zero-order chi connectivity index (χ0) is 14.4. The summed E-state index contributed by atoms with van der Waals surface area (Å²) in [7, 11) is 1.64. The first-order chi connectivity index (χ1) is 9.70. The highest BCUT2D eigenvalue weighted by molar-refractivity contribution is 5.76. The van der Waals surface area contributed by atoms with Crippen LogP contribution in [0, 0.1) is 0 Å². The van der Waals surface area contributed by atoms with Crippen LogP contribution in [0.1, 0.15) is 30.5 Å². The average Bonchev–Trinajstić information content (AvgIpc) is 2.99. The van der Waals surface area contributed by atoms with Crippen molar-refractivity contribution in [3.63, 3.8) is 0 Å². The minimum Gasteiger partial charge on any atom is -0.496 e. The van der Waals surface area contributed by atoms with Gasteiger partial charge in [0.1, 0.15) is 5.75 Å². The maximum absolute atomic E-state index is 11.9. The van der Waals surface area contributed by atoms with Crippen LogP contribution in [0.3, 0.4) is 0 Å². The fourth-order valence-corrected chi connectivity index (χ4v) is 2.05. The SMILES string of the molecule is COc1ccccc1CCC(=O)NC(C)c1cn[nH]c1. The Bertz CT molecular complexity index is 552. The Morgan fingerprint density at radius 1 is 1.45 bits per heavy atom. The van der Waals surface area contributed by atoms with Crippen molar-refractivity contribution in [1.82, 2.24) is 15.5 Å². The van der Waals surface area contributed by atoms with Crippen LogP contribution in [0.4, 0.5) is 0 Å². The predicted molar refractivity (Wildman–Crippen MR) is 76.5 cm³/mol. The molecule has 5 heteroatoms. The fourth-order valence-electron chi connectivity index (χ4n) is 2.05. The van der Waals surface area contributed by atoms with Gasteiger partial charge < -0.3 is 10.1 Å². The number of methoxy groups -OCH3 is 1. The van der Waals surface area contributed by atoms with E-state index in [0.29, 0.717) is 12.8 Å². The van der Waals surface area contributed by atoms with E-state index in [0.717, 1.165) is 16.9 Å². The molecule has 0 radical (unpaired) electrons. The summed E-state index contributed by atoms with van der Waals surface area (Å²) < 4.78 is 5.27. The summed E-state index contributed by atoms with van der Waals surface area (Å²) in [5.74, 6) is 0.841. The van der Waals surface area contributed by atoms with Crippen molar-refractivity contribution in [3.8, 4) is 5.75 Å². The van der Waals surface area contributed by atoms with E-state index in [1.165, 1.54) is 0 Å². The lowest BCUT2D eigenvalue weighted by atomic mass is 10.1. The number of hydrogen-bond acceptors (Lipinski definition) is 3. The highest BCUT2D eigenvalue weighted by Crippen LogP contribution is 2.19. The molecule has 1 atom stereocenters. The number of para-hydroxylation sites is 1. The first-order valence-corrected chi connectivity index (χ1v) is 6.60. The van der Waals surface area contributed by atoms with Gasteiger partial charge in [-0.05, 0) is 25.0 Å². The Morgan fingerprint density at radius 3 is 2.95 bits per heavy atom. The predicted octanol–water partition coefficient (Wildman–Crippen LogP) is 2.23. The van der Waals surface area contributed by atoms with Crippen molar-refractivity contribution >= 4 is 5.91 Å². The van der Waals surface area contributed by atoms with Crippen molar-refractivity contribution in [2.24, 2.45) is 0 Å². The number of benzene rings is 1. The molecule has 0 saturated heterocycles. The summed E-state index contributed by atoms with van der Waals surface area (Å²) in [5.41, 5.74) is 2.01. The lowest BCUT2D eigenvalue weighted by Gasteiger charge is -2.12. The first kappa shape index (κ1) is 14.1. The lowest BCUT2D eigenvalue weighted by molar-refractivity contribution is -0.121. The Balaban J connectivity index is 1.86. The molecule has 2 N–H and O–H groups in total. The molecule has 0 bridgehead atoms. The van der Waals surface area contributed by atoms with E-state index in [9.17, 15) is 4.79 Å². The van der Waals surface area contributed by atoms with Gasteiger partial charge in [0.05, 0.1) is 19.3 Å². The molecule has 5 nitrogen and oxygen atoms in total. The highest BCUT2D eigenvalue weighted by atomic mass is 16.5. The van der Waals surface area contributed by atoms with Gasteiger partial charge in [-0.2, -0.15) is 5.10 Å². The van der Waals surface area contributed by atoms with E-state index in [-0.39, 0.29) is 11.9 Å². The minimum atomic E-state index is -0.0427. The van der Waals surface area contributed by atoms with E-state index in [4.69, 9.17) is 4.74 Å². The molecule has 20 heavy (non-hydrogen) atoms. The third-order valence-electron chi connectivity index (χ3n) is 3.21. The van der Waals surface area contributed by atoms with Crippen LogP contribution >= 0.6 is 0 Å². The van der Waals surface area contributed by atoms with Crippen molar-refractivity contribution in [2.75, 3.05) is 7.11 Å². The molecule has 0 aliphatic rings. The molecule has 106 valence electrons. The van der Waals surface area contributed by atoms with Crippen LogP contribution in [0.25, 0.3) is 0 Å². The molecule has 0 aliphatic carbocycles. The molecular formula is C15H19N3O2. The average molecular weight is 273 g/mol. The van der Waals surface area contributed by atoms with Crippen LogP contribution in [-0.4, -0.2) is 23.2 Å². The molecule has 1 aromatic carbocycles. The van der Waals surface area contributed by atoms with E-state index in [2.05, 4.69) is 15.5 Å². The van der Waals surface area contributed by atoms with Crippen molar-refractivity contribution in [2.45, 2.75) is 25.8 Å². The summed E-state index contributed by atoms with van der Waals surface area (Å²) in [6, 6.07) is 7.71. The quantitative estimate of drug-likeness (QED) is 0.848. The maximum atomic E-state index is 11.9. The van der Waals surface area contributed by atoms with Gasteiger partial charge in [-0.15, -0.1) is 0 Å². The Morgan fingerprint density at radius 2 is 2.25 bits per heavy atom. The van der Waals surface area contributed by atoms with Gasteiger partial charge in [0, 0.05) is 18.2 Å². The van der Waals surface area contributed by atoms with Crippen LogP contribution in [-0.2, 0) is 11.2 Å². The summed E-state index contributed by atoms with van der Waals surface area (Å²) in [5, 5.41) is 9.56. The van der Waals surface area contributed by atoms with E-state index in [1.54, 1.807) is 19.5 Å². The molecule has 0 saturated carbocycles. The van der Waals surface area contributed by atoms with Gasteiger partial charge in [0.2, 0.25) is 5.91 Å². The van der Waals surface area contributed by atoms with Gasteiger partial charge >= 0.3 is 0 Å². The van der Waals surface area contributed by atoms with Crippen molar-refractivity contribution in [3.05, 3.63) is 47.8 Å². The number of carbonyl (C=O) groups is 1. The topological polar surface area (TPSA) is 67.0 Å². The standard InChI is InChI=1S/C15H19N3O2/c1-11(13-9-16-17-10-13)18-15(19)8-7-12-5-3-4-6-14(12)20-2/h3-6,9-11H,7-8H2,1-2H3,(H,16,17)(H,18,19). The third kappa shape index (κ3) is 3.60. The molecule has 0 fully saturated rings. The monoisotopic (exact) mass is 273 g/mol. The first-order valence-electron chi connectivity index (χ1n) is 6.60. The van der Waals surface area contributed by atoms with Crippen molar-refractivity contribution < 1.29 is 9.53 Å². The lowest BCUT2D eigenvalue weighted by Crippen LogP contribution is -2.26. The molecule has 0 aliphatic heterocycles. The molecule has 1 unspecified atom stereocenters.